The van der Waals surface area contributed by atoms with Crippen molar-refractivity contribution in [3.63, 3.8) is 0 Å². The number of hydrogen-bond acceptors (Lipinski definition) is 1. The Morgan fingerprint density at radius 3 is 1.09 bits per heavy atom. The van der Waals surface area contributed by atoms with Gasteiger partial charge in [0.2, 0.25) is 0 Å². The van der Waals surface area contributed by atoms with Gasteiger partial charge in [-0.3, -0.25) is 0 Å². The Labute approximate surface area is 147 Å². The van der Waals surface area contributed by atoms with E-state index in [1.807, 2.05) is 0 Å². The van der Waals surface area contributed by atoms with Gasteiger partial charge >= 0.3 is 147 Å². The summed E-state index contributed by atoms with van der Waals surface area (Å²) in [7, 11) is 2.42. The van der Waals surface area contributed by atoms with Crippen LogP contribution in [0.5, 0.6) is 0 Å². The topological polar surface area (TPSA) is 12.4 Å². The first kappa shape index (κ1) is 20.9. The Hall–Kier alpha value is -0.135. The molecule has 134 valence electrons. The van der Waals surface area contributed by atoms with Gasteiger partial charge in [-0.2, -0.15) is 0 Å². The molecule has 0 amide bonds. The Kier molecular flexibility index (Phi) is 6.04. The summed E-state index contributed by atoms with van der Waals surface area (Å²) < 4.78 is 0. The second kappa shape index (κ2) is 6.64. The van der Waals surface area contributed by atoms with E-state index < -0.39 is 0 Å². The summed E-state index contributed by atoms with van der Waals surface area (Å²) in [6.45, 7) is 29.1. The fourth-order valence-corrected chi connectivity index (χ4v) is 7.21. The molecule has 1 nitrogen and oxygen atoms in total. The third-order valence-corrected chi connectivity index (χ3v) is 7.36. The third kappa shape index (κ3) is 2.33. The van der Waals surface area contributed by atoms with Crippen LogP contribution in [0.15, 0.2) is 4.90 Å². The van der Waals surface area contributed by atoms with E-state index in [0.29, 0.717) is 35.5 Å². The molecule has 1 aliphatic rings. The van der Waals surface area contributed by atoms with Gasteiger partial charge in [-0.15, -0.1) is 0 Å². The molecular formula is C21H42BN. The Morgan fingerprint density at radius 2 is 0.870 bits per heavy atom. The molecule has 0 fully saturated rings. The van der Waals surface area contributed by atoms with Gasteiger partial charge < -0.3 is 0 Å². The first-order valence-electron chi connectivity index (χ1n) is 9.93. The number of hydrogen-bond donors (Lipinski definition) is 0. The Balaban J connectivity index is 3.96. The molecule has 0 saturated carbocycles. The summed E-state index contributed by atoms with van der Waals surface area (Å²) in [5.41, 5.74) is 0.203. The predicted octanol–water partition coefficient (Wildman–Crippen LogP) is 6.71. The zero-order valence-corrected chi connectivity index (χ0v) is 18.0. The minimum absolute atomic E-state index is 0.0177. The van der Waals surface area contributed by atoms with E-state index in [-0.39, 0.29) is 16.3 Å². The van der Waals surface area contributed by atoms with E-state index in [0.717, 1.165) is 0 Å². The molecule has 0 N–H and O–H groups in total. The van der Waals surface area contributed by atoms with Crippen LogP contribution in [0.2, 0.25) is 5.31 Å². The first-order chi connectivity index (χ1) is 10.4. The molecule has 1 aliphatic heterocycles. The SMILES string of the molecule is CC(C)C1(C(C)C)B=NC(C(C)C)(C(C)C)C1(C(C)C)C(C)C. The Bertz CT molecular complexity index is 373. The fourth-order valence-electron chi connectivity index (χ4n) is 7.21. The zero-order valence-electron chi connectivity index (χ0n) is 18.0. The van der Waals surface area contributed by atoms with Crippen LogP contribution in [-0.2, 0) is 0 Å². The van der Waals surface area contributed by atoms with E-state index in [9.17, 15) is 0 Å². The monoisotopic (exact) mass is 319 g/mol. The van der Waals surface area contributed by atoms with Crippen LogP contribution in [-0.4, -0.2) is 12.6 Å². The van der Waals surface area contributed by atoms with Gasteiger partial charge in [0.25, 0.3) is 0 Å². The van der Waals surface area contributed by atoms with Crippen LogP contribution < -0.4 is 0 Å². The summed E-state index contributed by atoms with van der Waals surface area (Å²) in [6.07, 6.45) is 0. The fraction of sp³-hybridized carbons (Fsp3) is 1.00. The maximum absolute atomic E-state index is 5.43. The van der Waals surface area contributed by atoms with Crippen molar-refractivity contribution >= 4 is 7.07 Å². The standard InChI is InChI=1S/C21H42BN/c1-13(2)19(14(3)4)20(15(5)6,16(7)8)22-23-21(19,17(9)10)18(11)12/h13-18H,1-12H3. The molecular weight excluding hydrogens is 277 g/mol. The third-order valence-electron chi connectivity index (χ3n) is 7.36. The van der Waals surface area contributed by atoms with Crippen molar-refractivity contribution in [2.45, 2.75) is 93.9 Å². The molecule has 0 spiro atoms. The molecule has 23 heavy (non-hydrogen) atoms. The van der Waals surface area contributed by atoms with Crippen molar-refractivity contribution in [1.82, 2.24) is 0 Å². The van der Waals surface area contributed by atoms with Crippen LogP contribution >= 0.6 is 0 Å². The van der Waals surface area contributed by atoms with Gasteiger partial charge in [-0.25, -0.2) is 0 Å². The van der Waals surface area contributed by atoms with Gasteiger partial charge in [0.05, 0.1) is 0 Å². The van der Waals surface area contributed by atoms with Gasteiger partial charge in [0.15, 0.2) is 0 Å². The van der Waals surface area contributed by atoms with Gasteiger partial charge in [-0.1, -0.05) is 0 Å². The molecule has 2 heteroatoms. The van der Waals surface area contributed by atoms with Crippen LogP contribution in [0.3, 0.4) is 0 Å². The molecule has 0 aromatic rings. The van der Waals surface area contributed by atoms with Gasteiger partial charge in [-0.05, 0) is 0 Å². The summed E-state index contributed by atoms with van der Waals surface area (Å²) in [4.78, 5) is 5.43. The second-order valence-corrected chi connectivity index (χ2v) is 9.81. The summed E-state index contributed by atoms with van der Waals surface area (Å²) in [5, 5.41) is 0.157. The van der Waals surface area contributed by atoms with Crippen molar-refractivity contribution in [2.75, 3.05) is 0 Å². The van der Waals surface area contributed by atoms with Gasteiger partial charge in [0.1, 0.15) is 0 Å². The number of nitrogens with zero attached hydrogens (tertiary/aromatic N) is 1. The molecule has 0 bridgehead atoms. The number of rotatable bonds is 6. The van der Waals surface area contributed by atoms with Gasteiger partial charge in [0, 0.05) is 0 Å². The van der Waals surface area contributed by atoms with Crippen molar-refractivity contribution in [2.24, 2.45) is 45.8 Å². The molecule has 0 atom stereocenters. The molecule has 0 radical (unpaired) electrons. The van der Waals surface area contributed by atoms with Crippen molar-refractivity contribution in [1.29, 1.82) is 0 Å². The minimum atomic E-state index is 0.0177. The average Bonchev–Trinajstić information content (AvgIpc) is 2.72. The van der Waals surface area contributed by atoms with Crippen LogP contribution in [0.25, 0.3) is 0 Å². The molecule has 1 heterocycles. The zero-order chi connectivity index (χ0) is 18.4. The normalized spacial score (nSPS) is 22.2. The molecule has 1 rings (SSSR count). The Morgan fingerprint density at radius 1 is 0.522 bits per heavy atom. The average molecular weight is 319 g/mol. The molecule has 0 aliphatic carbocycles. The first-order valence-corrected chi connectivity index (χ1v) is 9.93. The summed E-state index contributed by atoms with van der Waals surface area (Å²) in [5.74, 6) is 3.47. The second-order valence-electron chi connectivity index (χ2n) is 9.81. The molecule has 0 aromatic heterocycles. The van der Waals surface area contributed by atoms with E-state index in [2.05, 4.69) is 90.2 Å². The van der Waals surface area contributed by atoms with Crippen LogP contribution in [0, 0.1) is 40.9 Å². The van der Waals surface area contributed by atoms with Crippen LogP contribution in [0.1, 0.15) is 83.1 Å². The summed E-state index contributed by atoms with van der Waals surface area (Å²) in [6, 6.07) is 0. The maximum atomic E-state index is 5.43. The summed E-state index contributed by atoms with van der Waals surface area (Å²) >= 11 is 0. The molecule has 0 saturated heterocycles. The van der Waals surface area contributed by atoms with E-state index in [1.165, 1.54) is 0 Å². The van der Waals surface area contributed by atoms with Crippen molar-refractivity contribution in [3.05, 3.63) is 0 Å². The quantitative estimate of drug-likeness (QED) is 0.483. The molecule has 0 aromatic carbocycles. The van der Waals surface area contributed by atoms with Crippen molar-refractivity contribution < 1.29 is 0 Å². The van der Waals surface area contributed by atoms with Crippen molar-refractivity contribution in [3.8, 4) is 0 Å². The van der Waals surface area contributed by atoms with E-state index in [1.54, 1.807) is 0 Å². The predicted molar refractivity (Wildman–Crippen MR) is 105 cm³/mol. The molecule has 0 unspecified atom stereocenters. The van der Waals surface area contributed by atoms with E-state index in [4.69, 9.17) is 4.90 Å². The van der Waals surface area contributed by atoms with E-state index >= 15 is 0 Å². The van der Waals surface area contributed by atoms with Crippen LogP contribution in [0.4, 0.5) is 0 Å².